The van der Waals surface area contributed by atoms with E-state index in [2.05, 4.69) is 20.6 Å². The van der Waals surface area contributed by atoms with Crippen LogP contribution in [0.2, 0.25) is 5.02 Å². The average Bonchev–Trinajstić information content (AvgIpc) is 2.73. The van der Waals surface area contributed by atoms with Gasteiger partial charge in [0.15, 0.2) is 11.5 Å². The zero-order valence-electron chi connectivity index (χ0n) is 15.4. The van der Waals surface area contributed by atoms with Gasteiger partial charge in [0.1, 0.15) is 5.69 Å². The van der Waals surface area contributed by atoms with E-state index in [4.69, 9.17) is 21.1 Å². The second-order valence-corrected chi connectivity index (χ2v) is 6.15. The van der Waals surface area contributed by atoms with E-state index in [1.807, 2.05) is 18.2 Å². The van der Waals surface area contributed by atoms with Crippen LogP contribution in [0.25, 0.3) is 0 Å². The average molecular weight is 399 g/mol. The van der Waals surface area contributed by atoms with E-state index in [9.17, 15) is 4.79 Å². The van der Waals surface area contributed by atoms with Gasteiger partial charge in [-0.25, -0.2) is 9.97 Å². The van der Waals surface area contributed by atoms with Crippen molar-refractivity contribution in [2.45, 2.75) is 6.54 Å². The molecular weight excluding hydrogens is 380 g/mol. The standard InChI is InChI=1S/C20H19ClN4O3/c1-27-17-8-7-13(11-18(17)28-2)12-23-20-22-10-9-16(25-20)19(26)24-15-6-4-3-5-14(15)21/h3-11H,12H2,1-2H3,(H,24,26)(H,22,23,25). The van der Waals surface area contributed by atoms with Crippen LogP contribution in [0.1, 0.15) is 16.1 Å². The highest BCUT2D eigenvalue weighted by Gasteiger charge is 2.11. The maximum Gasteiger partial charge on any atom is 0.274 e. The molecular formula is C20H19ClN4O3. The number of hydrogen-bond donors (Lipinski definition) is 2. The zero-order valence-corrected chi connectivity index (χ0v) is 16.2. The number of rotatable bonds is 7. The molecule has 0 unspecified atom stereocenters. The Labute approximate surface area is 167 Å². The number of para-hydroxylation sites is 1. The van der Waals surface area contributed by atoms with Crippen molar-refractivity contribution in [3.63, 3.8) is 0 Å². The quantitative estimate of drug-likeness (QED) is 0.625. The van der Waals surface area contributed by atoms with E-state index in [0.717, 1.165) is 5.56 Å². The number of amides is 1. The van der Waals surface area contributed by atoms with Crippen LogP contribution < -0.4 is 20.1 Å². The molecule has 28 heavy (non-hydrogen) atoms. The first-order valence-electron chi connectivity index (χ1n) is 8.44. The molecule has 0 atom stereocenters. The molecule has 7 nitrogen and oxygen atoms in total. The van der Waals surface area contributed by atoms with Gasteiger partial charge in [-0.3, -0.25) is 4.79 Å². The molecule has 0 bridgehead atoms. The maximum absolute atomic E-state index is 12.4. The fourth-order valence-corrected chi connectivity index (χ4v) is 2.67. The molecule has 8 heteroatoms. The van der Waals surface area contributed by atoms with Gasteiger partial charge in [0.05, 0.1) is 24.9 Å². The molecule has 0 aliphatic rings. The Morgan fingerprint density at radius 3 is 2.61 bits per heavy atom. The largest absolute Gasteiger partial charge is 0.493 e. The number of halogens is 1. The molecule has 1 aromatic heterocycles. The van der Waals surface area contributed by atoms with E-state index < -0.39 is 0 Å². The summed E-state index contributed by atoms with van der Waals surface area (Å²) in [6.07, 6.45) is 1.52. The Hall–Kier alpha value is -3.32. The van der Waals surface area contributed by atoms with Gasteiger partial charge in [0, 0.05) is 12.7 Å². The van der Waals surface area contributed by atoms with Crippen molar-refractivity contribution >= 4 is 29.1 Å². The normalized spacial score (nSPS) is 10.2. The Kier molecular flexibility index (Phi) is 6.29. The lowest BCUT2D eigenvalue weighted by Crippen LogP contribution is -2.15. The third kappa shape index (κ3) is 4.69. The molecule has 0 radical (unpaired) electrons. The minimum Gasteiger partial charge on any atom is -0.493 e. The number of carbonyl (C=O) groups is 1. The lowest BCUT2D eigenvalue weighted by molar-refractivity contribution is 0.102. The molecule has 3 rings (SSSR count). The summed E-state index contributed by atoms with van der Waals surface area (Å²) in [5.41, 5.74) is 1.70. The van der Waals surface area contributed by atoms with Crippen LogP contribution in [0.15, 0.2) is 54.7 Å². The fourth-order valence-electron chi connectivity index (χ4n) is 2.49. The van der Waals surface area contributed by atoms with Gasteiger partial charge in [-0.15, -0.1) is 0 Å². The molecule has 2 N–H and O–H groups in total. The van der Waals surface area contributed by atoms with Gasteiger partial charge in [-0.2, -0.15) is 0 Å². The molecule has 3 aromatic rings. The molecule has 1 amide bonds. The summed E-state index contributed by atoms with van der Waals surface area (Å²) in [5.74, 6) is 1.25. The number of anilines is 2. The fraction of sp³-hybridized carbons (Fsp3) is 0.150. The topological polar surface area (TPSA) is 85.4 Å². The van der Waals surface area contributed by atoms with Gasteiger partial charge in [0.25, 0.3) is 5.91 Å². The first-order chi connectivity index (χ1) is 13.6. The van der Waals surface area contributed by atoms with Crippen molar-refractivity contribution in [2.75, 3.05) is 24.9 Å². The minimum atomic E-state index is -0.371. The van der Waals surface area contributed by atoms with Crippen LogP contribution in [0.4, 0.5) is 11.6 Å². The van der Waals surface area contributed by atoms with E-state index in [0.29, 0.717) is 34.7 Å². The van der Waals surface area contributed by atoms with Crippen LogP contribution in [-0.4, -0.2) is 30.1 Å². The first kappa shape index (κ1) is 19.4. The third-order valence-electron chi connectivity index (χ3n) is 3.91. The van der Waals surface area contributed by atoms with E-state index in [1.165, 1.54) is 12.3 Å². The number of methoxy groups -OCH3 is 2. The Bertz CT molecular complexity index is 981. The molecule has 0 saturated carbocycles. The Morgan fingerprint density at radius 2 is 1.86 bits per heavy atom. The SMILES string of the molecule is COc1ccc(CNc2nccc(C(=O)Nc3ccccc3Cl)n2)cc1OC. The molecule has 2 aromatic carbocycles. The van der Waals surface area contributed by atoms with Gasteiger partial charge < -0.3 is 20.1 Å². The van der Waals surface area contributed by atoms with Crippen molar-refractivity contribution < 1.29 is 14.3 Å². The van der Waals surface area contributed by atoms with Gasteiger partial charge in [-0.05, 0) is 35.9 Å². The van der Waals surface area contributed by atoms with Crippen LogP contribution >= 0.6 is 11.6 Å². The minimum absolute atomic E-state index is 0.227. The van der Waals surface area contributed by atoms with Gasteiger partial charge >= 0.3 is 0 Å². The highest BCUT2D eigenvalue weighted by atomic mass is 35.5. The molecule has 0 aliphatic heterocycles. The van der Waals surface area contributed by atoms with Crippen molar-refractivity contribution in [1.29, 1.82) is 0 Å². The zero-order chi connectivity index (χ0) is 19.9. The van der Waals surface area contributed by atoms with Crippen LogP contribution in [0.3, 0.4) is 0 Å². The molecule has 0 aliphatic carbocycles. The summed E-state index contributed by atoms with van der Waals surface area (Å²) in [6.45, 7) is 0.454. The second-order valence-electron chi connectivity index (χ2n) is 5.74. The van der Waals surface area contributed by atoms with Crippen molar-refractivity contribution in [2.24, 2.45) is 0 Å². The lowest BCUT2D eigenvalue weighted by Gasteiger charge is -2.11. The molecule has 144 valence electrons. The van der Waals surface area contributed by atoms with Gasteiger partial charge in [0.2, 0.25) is 5.95 Å². The lowest BCUT2D eigenvalue weighted by atomic mass is 10.2. The maximum atomic E-state index is 12.4. The predicted molar refractivity (Wildman–Crippen MR) is 108 cm³/mol. The predicted octanol–water partition coefficient (Wildman–Crippen LogP) is 4.01. The molecule has 0 spiro atoms. The summed E-state index contributed by atoms with van der Waals surface area (Å²) in [5, 5.41) is 6.29. The van der Waals surface area contributed by atoms with Crippen LogP contribution in [0, 0.1) is 0 Å². The van der Waals surface area contributed by atoms with E-state index in [1.54, 1.807) is 38.5 Å². The number of nitrogens with one attached hydrogen (secondary N) is 2. The summed E-state index contributed by atoms with van der Waals surface area (Å²) in [4.78, 5) is 20.8. The highest BCUT2D eigenvalue weighted by molar-refractivity contribution is 6.33. The Balaban J connectivity index is 1.68. The van der Waals surface area contributed by atoms with Crippen molar-refractivity contribution in [1.82, 2.24) is 9.97 Å². The monoisotopic (exact) mass is 398 g/mol. The van der Waals surface area contributed by atoms with Crippen LogP contribution in [-0.2, 0) is 6.54 Å². The number of nitrogens with zero attached hydrogens (tertiary/aromatic N) is 2. The smallest absolute Gasteiger partial charge is 0.274 e. The number of carbonyl (C=O) groups excluding carboxylic acids is 1. The summed E-state index contributed by atoms with van der Waals surface area (Å²) < 4.78 is 10.5. The van der Waals surface area contributed by atoms with Crippen molar-refractivity contribution in [3.8, 4) is 11.5 Å². The second kappa shape index (κ2) is 9.05. The highest BCUT2D eigenvalue weighted by Crippen LogP contribution is 2.27. The molecule has 1 heterocycles. The molecule has 0 fully saturated rings. The molecule has 0 saturated heterocycles. The Morgan fingerprint density at radius 1 is 1.07 bits per heavy atom. The number of benzene rings is 2. The first-order valence-corrected chi connectivity index (χ1v) is 8.82. The van der Waals surface area contributed by atoms with E-state index in [-0.39, 0.29) is 11.6 Å². The van der Waals surface area contributed by atoms with Gasteiger partial charge in [-0.1, -0.05) is 29.8 Å². The summed E-state index contributed by atoms with van der Waals surface area (Å²) >= 11 is 6.07. The summed E-state index contributed by atoms with van der Waals surface area (Å²) in [7, 11) is 3.17. The van der Waals surface area contributed by atoms with Crippen LogP contribution in [0.5, 0.6) is 11.5 Å². The number of hydrogen-bond acceptors (Lipinski definition) is 6. The number of ether oxygens (including phenoxy) is 2. The van der Waals surface area contributed by atoms with E-state index >= 15 is 0 Å². The van der Waals surface area contributed by atoms with Crippen molar-refractivity contribution in [3.05, 3.63) is 71.0 Å². The third-order valence-corrected chi connectivity index (χ3v) is 4.24. The number of aromatic nitrogens is 2. The summed E-state index contributed by atoms with van der Waals surface area (Å²) in [6, 6.07) is 14.1.